The van der Waals surface area contributed by atoms with E-state index in [1.807, 2.05) is 72.8 Å². The van der Waals surface area contributed by atoms with E-state index in [1.54, 1.807) is 0 Å². The minimum Gasteiger partial charge on any atom is -0.491 e. The molecule has 0 saturated heterocycles. The van der Waals surface area contributed by atoms with Gasteiger partial charge in [0, 0.05) is 17.8 Å². The van der Waals surface area contributed by atoms with E-state index in [4.69, 9.17) is 14.2 Å². The van der Waals surface area contributed by atoms with Crippen molar-refractivity contribution >= 4 is 5.69 Å². The summed E-state index contributed by atoms with van der Waals surface area (Å²) in [6, 6.07) is 25.9. The number of hydrogen-bond donors (Lipinski definition) is 1. The average Bonchev–Trinajstić information content (AvgIpc) is 2.77. The van der Waals surface area contributed by atoms with Crippen molar-refractivity contribution in [2.24, 2.45) is 0 Å². The Bertz CT molecular complexity index is 849. The van der Waals surface area contributed by atoms with E-state index in [-0.39, 0.29) is 6.10 Å². The first kappa shape index (κ1) is 20.6. The summed E-state index contributed by atoms with van der Waals surface area (Å²) in [4.78, 5) is 0. The third-order valence-electron chi connectivity index (χ3n) is 4.57. The van der Waals surface area contributed by atoms with Crippen LogP contribution in [0.15, 0.2) is 78.9 Å². The van der Waals surface area contributed by atoms with Crippen LogP contribution < -0.4 is 19.5 Å². The molecule has 0 aliphatic heterocycles. The van der Waals surface area contributed by atoms with Crippen molar-refractivity contribution in [1.82, 2.24) is 0 Å². The first-order valence-electron chi connectivity index (χ1n) is 10.1. The normalized spacial score (nSPS) is 11.5. The number of para-hydroxylation sites is 2. The van der Waals surface area contributed by atoms with Crippen molar-refractivity contribution in [1.29, 1.82) is 0 Å². The van der Waals surface area contributed by atoms with Gasteiger partial charge < -0.3 is 19.5 Å². The Morgan fingerprint density at radius 2 is 1.45 bits per heavy atom. The monoisotopic (exact) mass is 391 g/mol. The Labute approximate surface area is 173 Å². The summed E-state index contributed by atoms with van der Waals surface area (Å²) >= 11 is 0. The number of rotatable bonds is 11. The van der Waals surface area contributed by atoms with Gasteiger partial charge in [-0.3, -0.25) is 0 Å². The van der Waals surface area contributed by atoms with Gasteiger partial charge in [0.1, 0.15) is 30.5 Å². The predicted octanol–water partition coefficient (Wildman–Crippen LogP) is 5.93. The van der Waals surface area contributed by atoms with Crippen LogP contribution in [0.25, 0.3) is 0 Å². The standard InChI is InChI=1S/C25H29NO3/c1-3-20(2)29-24-15-13-22(14-16-24)26-19-21-9-7-8-12-25(21)28-18-17-27-23-10-5-4-6-11-23/h4-16,20,26H,3,17-19H2,1-2H3/t20-/m1/s1. The molecule has 3 aromatic rings. The summed E-state index contributed by atoms with van der Waals surface area (Å²) in [5.41, 5.74) is 2.15. The highest BCUT2D eigenvalue weighted by Gasteiger charge is 2.05. The van der Waals surface area contributed by atoms with E-state index < -0.39 is 0 Å². The molecule has 29 heavy (non-hydrogen) atoms. The zero-order valence-electron chi connectivity index (χ0n) is 17.1. The molecule has 0 spiro atoms. The van der Waals surface area contributed by atoms with Gasteiger partial charge in [-0.25, -0.2) is 0 Å². The molecular weight excluding hydrogens is 362 g/mol. The fourth-order valence-corrected chi connectivity index (χ4v) is 2.78. The van der Waals surface area contributed by atoms with Crippen molar-refractivity contribution in [3.63, 3.8) is 0 Å². The predicted molar refractivity (Wildman–Crippen MR) is 118 cm³/mol. The molecule has 0 aromatic heterocycles. The molecule has 0 aliphatic rings. The fraction of sp³-hybridized carbons (Fsp3) is 0.280. The molecule has 4 heteroatoms. The molecule has 1 N–H and O–H groups in total. The molecule has 0 saturated carbocycles. The SMILES string of the molecule is CC[C@@H](C)Oc1ccc(NCc2ccccc2OCCOc2ccccc2)cc1. The van der Waals surface area contributed by atoms with Crippen molar-refractivity contribution < 1.29 is 14.2 Å². The largest absolute Gasteiger partial charge is 0.491 e. The van der Waals surface area contributed by atoms with E-state index in [2.05, 4.69) is 25.2 Å². The van der Waals surface area contributed by atoms with Crippen LogP contribution in [-0.4, -0.2) is 19.3 Å². The van der Waals surface area contributed by atoms with Crippen molar-refractivity contribution in [2.45, 2.75) is 32.9 Å². The van der Waals surface area contributed by atoms with Crippen LogP contribution in [0.3, 0.4) is 0 Å². The third kappa shape index (κ3) is 6.75. The average molecular weight is 392 g/mol. The number of benzene rings is 3. The fourth-order valence-electron chi connectivity index (χ4n) is 2.78. The molecular formula is C25H29NO3. The quantitative estimate of drug-likeness (QED) is 0.411. The highest BCUT2D eigenvalue weighted by Crippen LogP contribution is 2.22. The molecule has 4 nitrogen and oxygen atoms in total. The minimum atomic E-state index is 0.226. The van der Waals surface area contributed by atoms with E-state index in [0.717, 1.165) is 34.9 Å². The van der Waals surface area contributed by atoms with Crippen molar-refractivity contribution in [3.05, 3.63) is 84.4 Å². The lowest BCUT2D eigenvalue weighted by atomic mass is 10.2. The number of nitrogens with one attached hydrogen (secondary N) is 1. The molecule has 0 heterocycles. The molecule has 0 radical (unpaired) electrons. The lowest BCUT2D eigenvalue weighted by Gasteiger charge is -2.15. The molecule has 0 aliphatic carbocycles. The first-order valence-corrected chi connectivity index (χ1v) is 10.1. The van der Waals surface area contributed by atoms with E-state index in [1.165, 1.54) is 0 Å². The Balaban J connectivity index is 1.48. The smallest absolute Gasteiger partial charge is 0.124 e. The summed E-state index contributed by atoms with van der Waals surface area (Å²) in [7, 11) is 0. The topological polar surface area (TPSA) is 39.7 Å². The second-order valence-electron chi connectivity index (χ2n) is 6.83. The van der Waals surface area contributed by atoms with E-state index in [9.17, 15) is 0 Å². The van der Waals surface area contributed by atoms with Gasteiger partial charge in [0.15, 0.2) is 0 Å². The number of ether oxygens (including phenoxy) is 3. The molecule has 0 amide bonds. The zero-order chi connectivity index (χ0) is 20.3. The Morgan fingerprint density at radius 1 is 0.759 bits per heavy atom. The van der Waals surface area contributed by atoms with Gasteiger partial charge in [0.05, 0.1) is 6.10 Å². The number of anilines is 1. The maximum atomic E-state index is 5.94. The van der Waals surface area contributed by atoms with Crippen LogP contribution in [0.1, 0.15) is 25.8 Å². The summed E-state index contributed by atoms with van der Waals surface area (Å²) in [5.74, 6) is 2.62. The lowest BCUT2D eigenvalue weighted by molar-refractivity contribution is 0.216. The van der Waals surface area contributed by atoms with Crippen LogP contribution in [0.4, 0.5) is 5.69 Å². The van der Waals surface area contributed by atoms with Gasteiger partial charge in [-0.1, -0.05) is 43.3 Å². The number of hydrogen-bond acceptors (Lipinski definition) is 4. The Hall–Kier alpha value is -3.14. The van der Waals surface area contributed by atoms with Crippen LogP contribution in [0.2, 0.25) is 0 Å². The molecule has 0 fully saturated rings. The second-order valence-corrected chi connectivity index (χ2v) is 6.83. The van der Waals surface area contributed by atoms with Gasteiger partial charge in [0.25, 0.3) is 0 Å². The zero-order valence-corrected chi connectivity index (χ0v) is 17.1. The maximum Gasteiger partial charge on any atom is 0.124 e. The summed E-state index contributed by atoms with van der Waals surface area (Å²) in [5, 5.41) is 3.45. The Kier molecular flexibility index (Phi) is 7.81. The van der Waals surface area contributed by atoms with Crippen LogP contribution in [-0.2, 0) is 6.54 Å². The van der Waals surface area contributed by atoms with Crippen LogP contribution >= 0.6 is 0 Å². The van der Waals surface area contributed by atoms with Gasteiger partial charge in [-0.15, -0.1) is 0 Å². The minimum absolute atomic E-state index is 0.226. The Morgan fingerprint density at radius 3 is 2.21 bits per heavy atom. The summed E-state index contributed by atoms with van der Waals surface area (Å²) in [6.45, 7) is 5.88. The van der Waals surface area contributed by atoms with Gasteiger partial charge in [-0.2, -0.15) is 0 Å². The third-order valence-corrected chi connectivity index (χ3v) is 4.57. The van der Waals surface area contributed by atoms with Crippen molar-refractivity contribution in [3.8, 4) is 17.2 Å². The van der Waals surface area contributed by atoms with Crippen LogP contribution in [0.5, 0.6) is 17.2 Å². The molecule has 3 rings (SSSR count). The molecule has 1 atom stereocenters. The molecule has 152 valence electrons. The van der Waals surface area contributed by atoms with E-state index >= 15 is 0 Å². The summed E-state index contributed by atoms with van der Waals surface area (Å²) in [6.07, 6.45) is 1.22. The van der Waals surface area contributed by atoms with Gasteiger partial charge >= 0.3 is 0 Å². The molecule has 3 aromatic carbocycles. The van der Waals surface area contributed by atoms with E-state index in [0.29, 0.717) is 19.8 Å². The maximum absolute atomic E-state index is 5.94. The lowest BCUT2D eigenvalue weighted by Crippen LogP contribution is -2.11. The van der Waals surface area contributed by atoms with Crippen LogP contribution in [0, 0.1) is 0 Å². The summed E-state index contributed by atoms with van der Waals surface area (Å²) < 4.78 is 17.5. The van der Waals surface area contributed by atoms with Crippen molar-refractivity contribution in [2.75, 3.05) is 18.5 Å². The van der Waals surface area contributed by atoms with Gasteiger partial charge in [-0.05, 0) is 55.8 Å². The second kappa shape index (κ2) is 11.0. The molecule has 0 bridgehead atoms. The highest BCUT2D eigenvalue weighted by atomic mass is 16.5. The first-order chi connectivity index (χ1) is 14.2. The molecule has 0 unspecified atom stereocenters. The van der Waals surface area contributed by atoms with Gasteiger partial charge in [0.2, 0.25) is 0 Å². The highest BCUT2D eigenvalue weighted by molar-refractivity contribution is 5.48.